The number of H-pyrrole nitrogens is 1. The van der Waals surface area contributed by atoms with E-state index in [2.05, 4.69) is 25.8 Å². The Hall–Kier alpha value is -2.57. The lowest BCUT2D eigenvalue weighted by Gasteiger charge is -2.26. The molecule has 1 aromatic carbocycles. The maximum Gasteiger partial charge on any atom is 0.262 e. The number of anilines is 1. The van der Waals surface area contributed by atoms with Crippen LogP contribution in [0.5, 0.6) is 5.75 Å². The van der Waals surface area contributed by atoms with Gasteiger partial charge in [0, 0.05) is 13.0 Å². The van der Waals surface area contributed by atoms with Crippen molar-refractivity contribution in [3.63, 3.8) is 0 Å². The van der Waals surface area contributed by atoms with Gasteiger partial charge in [0.1, 0.15) is 17.9 Å². The second kappa shape index (κ2) is 5.60. The highest BCUT2D eigenvalue weighted by atomic mass is 16.5. The van der Waals surface area contributed by atoms with Crippen molar-refractivity contribution >= 4 is 11.6 Å². The number of benzene rings is 1. The van der Waals surface area contributed by atoms with Crippen molar-refractivity contribution in [3.05, 3.63) is 36.4 Å². The first-order valence-corrected chi connectivity index (χ1v) is 6.44. The van der Waals surface area contributed by atoms with E-state index in [0.29, 0.717) is 25.3 Å². The van der Waals surface area contributed by atoms with Gasteiger partial charge in [0.05, 0.1) is 12.2 Å². The fourth-order valence-electron chi connectivity index (χ4n) is 2.03. The normalized spacial score (nSPS) is 16.7. The molecule has 0 radical (unpaired) electrons. The third-order valence-electron chi connectivity index (χ3n) is 3.05. The van der Waals surface area contributed by atoms with Crippen LogP contribution in [0, 0.1) is 0 Å². The summed E-state index contributed by atoms with van der Waals surface area (Å²) in [4.78, 5) is 16.0. The molecule has 7 heteroatoms. The molecule has 1 aromatic heterocycles. The minimum absolute atomic E-state index is 0.133. The van der Waals surface area contributed by atoms with Crippen molar-refractivity contribution in [2.24, 2.45) is 0 Å². The average molecular weight is 273 g/mol. The fourth-order valence-corrected chi connectivity index (χ4v) is 2.03. The lowest BCUT2D eigenvalue weighted by molar-refractivity contribution is -0.127. The Kier molecular flexibility index (Phi) is 3.49. The molecule has 20 heavy (non-hydrogen) atoms. The molecule has 0 bridgehead atoms. The number of para-hydroxylation sites is 2. The predicted octanol–water partition coefficient (Wildman–Crippen LogP) is 0.336. The van der Waals surface area contributed by atoms with E-state index in [4.69, 9.17) is 4.74 Å². The molecule has 0 aliphatic carbocycles. The molecule has 0 saturated heterocycles. The molecule has 3 rings (SSSR count). The smallest absolute Gasteiger partial charge is 0.262 e. The first-order chi connectivity index (χ1) is 9.83. The van der Waals surface area contributed by atoms with Gasteiger partial charge in [-0.15, -0.1) is 0 Å². The molecule has 104 valence electrons. The van der Waals surface area contributed by atoms with Gasteiger partial charge in [-0.1, -0.05) is 12.1 Å². The number of hydrogen-bond acceptors (Lipinski definition) is 5. The van der Waals surface area contributed by atoms with E-state index < -0.39 is 6.10 Å². The maximum atomic E-state index is 12.0. The second-order valence-corrected chi connectivity index (χ2v) is 4.46. The van der Waals surface area contributed by atoms with Crippen molar-refractivity contribution in [2.45, 2.75) is 12.5 Å². The molecule has 1 aliphatic rings. The van der Waals surface area contributed by atoms with Crippen LogP contribution >= 0.6 is 0 Å². The van der Waals surface area contributed by atoms with Crippen LogP contribution in [0.15, 0.2) is 30.6 Å². The number of carbonyl (C=O) groups is 1. The van der Waals surface area contributed by atoms with Crippen LogP contribution in [-0.4, -0.2) is 40.3 Å². The summed E-state index contributed by atoms with van der Waals surface area (Å²) in [7, 11) is 0. The summed E-state index contributed by atoms with van der Waals surface area (Å²) in [6.07, 6.45) is 1.55. The maximum absolute atomic E-state index is 12.0. The van der Waals surface area contributed by atoms with Crippen molar-refractivity contribution < 1.29 is 9.53 Å². The summed E-state index contributed by atoms with van der Waals surface area (Å²) >= 11 is 0. The van der Waals surface area contributed by atoms with Crippen LogP contribution in [0.2, 0.25) is 0 Å². The van der Waals surface area contributed by atoms with Crippen LogP contribution in [0.1, 0.15) is 5.82 Å². The lowest BCUT2D eigenvalue weighted by Crippen LogP contribution is -2.45. The van der Waals surface area contributed by atoms with E-state index >= 15 is 0 Å². The number of carbonyl (C=O) groups excluding carboxylic acids is 1. The van der Waals surface area contributed by atoms with Crippen LogP contribution < -0.4 is 15.4 Å². The number of nitrogens with one attached hydrogen (secondary N) is 3. The van der Waals surface area contributed by atoms with Crippen molar-refractivity contribution in [1.82, 2.24) is 20.5 Å². The zero-order valence-electron chi connectivity index (χ0n) is 10.8. The Labute approximate surface area is 115 Å². The van der Waals surface area contributed by atoms with Crippen molar-refractivity contribution in [3.8, 4) is 5.75 Å². The van der Waals surface area contributed by atoms with Crippen LogP contribution in [0.3, 0.4) is 0 Å². The molecule has 7 nitrogen and oxygen atoms in total. The molecule has 0 spiro atoms. The van der Waals surface area contributed by atoms with Crippen molar-refractivity contribution in [2.75, 3.05) is 18.4 Å². The van der Waals surface area contributed by atoms with E-state index in [1.165, 1.54) is 6.33 Å². The molecular weight excluding hydrogens is 258 g/mol. The van der Waals surface area contributed by atoms with Gasteiger partial charge < -0.3 is 15.4 Å². The van der Waals surface area contributed by atoms with E-state index in [0.717, 1.165) is 11.5 Å². The Balaban J connectivity index is 1.51. The van der Waals surface area contributed by atoms with Crippen LogP contribution in [0.4, 0.5) is 5.69 Å². The van der Waals surface area contributed by atoms with E-state index in [1.54, 1.807) is 0 Å². The zero-order chi connectivity index (χ0) is 13.8. The SMILES string of the molecule is O=C(NCCc1ncn[nH]1)C1CNc2ccccc2O1. The fraction of sp³-hybridized carbons (Fsp3) is 0.308. The molecule has 0 fully saturated rings. The molecule has 3 N–H and O–H groups in total. The summed E-state index contributed by atoms with van der Waals surface area (Å²) in [5.41, 5.74) is 0.915. The second-order valence-electron chi connectivity index (χ2n) is 4.46. The third-order valence-corrected chi connectivity index (χ3v) is 3.05. The lowest BCUT2D eigenvalue weighted by atomic mass is 10.2. The number of nitrogens with zero attached hydrogens (tertiary/aromatic N) is 2. The summed E-state index contributed by atoms with van der Waals surface area (Å²) in [5, 5.41) is 12.5. The molecule has 2 heterocycles. The highest BCUT2D eigenvalue weighted by Crippen LogP contribution is 2.28. The summed E-state index contributed by atoms with van der Waals surface area (Å²) in [6, 6.07) is 7.57. The molecule has 1 amide bonds. The number of amides is 1. The monoisotopic (exact) mass is 273 g/mol. The molecule has 1 aliphatic heterocycles. The predicted molar refractivity (Wildman–Crippen MR) is 72.4 cm³/mol. The summed E-state index contributed by atoms with van der Waals surface area (Å²) in [5.74, 6) is 1.32. The van der Waals surface area contributed by atoms with Gasteiger partial charge in [0.2, 0.25) is 0 Å². The Morgan fingerprint density at radius 3 is 3.20 bits per heavy atom. The summed E-state index contributed by atoms with van der Waals surface area (Å²) in [6.45, 7) is 0.959. The quantitative estimate of drug-likeness (QED) is 0.747. The largest absolute Gasteiger partial charge is 0.477 e. The number of hydrogen-bond donors (Lipinski definition) is 3. The molecule has 0 saturated carbocycles. The highest BCUT2D eigenvalue weighted by Gasteiger charge is 2.25. The Morgan fingerprint density at radius 2 is 2.35 bits per heavy atom. The van der Waals surface area contributed by atoms with Crippen molar-refractivity contribution in [1.29, 1.82) is 0 Å². The first kappa shape index (κ1) is 12.5. The van der Waals surface area contributed by atoms with Crippen LogP contribution in [-0.2, 0) is 11.2 Å². The van der Waals surface area contributed by atoms with Crippen LogP contribution in [0.25, 0.3) is 0 Å². The number of ether oxygens (including phenoxy) is 1. The minimum Gasteiger partial charge on any atom is -0.477 e. The number of aromatic amines is 1. The molecular formula is C13H15N5O2. The standard InChI is InChI=1S/C13H15N5O2/c19-13(14-6-5-12-16-8-17-18-12)11-7-15-9-3-1-2-4-10(9)20-11/h1-4,8,11,15H,5-7H2,(H,14,19)(H,16,17,18). The van der Waals surface area contributed by atoms with Gasteiger partial charge in [-0.25, -0.2) is 4.98 Å². The zero-order valence-corrected chi connectivity index (χ0v) is 10.8. The number of aromatic nitrogens is 3. The van der Waals surface area contributed by atoms with E-state index in [1.807, 2.05) is 24.3 Å². The first-order valence-electron chi connectivity index (χ1n) is 6.44. The van der Waals surface area contributed by atoms with Gasteiger partial charge in [0.15, 0.2) is 6.10 Å². The highest BCUT2D eigenvalue weighted by molar-refractivity contribution is 5.83. The van der Waals surface area contributed by atoms with Gasteiger partial charge >= 0.3 is 0 Å². The summed E-state index contributed by atoms with van der Waals surface area (Å²) < 4.78 is 5.67. The molecule has 2 aromatic rings. The number of fused-ring (bicyclic) bond motifs is 1. The van der Waals surface area contributed by atoms with Gasteiger partial charge in [-0.2, -0.15) is 5.10 Å². The Morgan fingerprint density at radius 1 is 1.45 bits per heavy atom. The minimum atomic E-state index is -0.514. The third kappa shape index (κ3) is 2.71. The topological polar surface area (TPSA) is 91.9 Å². The molecule has 1 atom stereocenters. The molecule has 1 unspecified atom stereocenters. The average Bonchev–Trinajstić information content (AvgIpc) is 3.00. The van der Waals surface area contributed by atoms with Gasteiger partial charge in [-0.05, 0) is 12.1 Å². The van der Waals surface area contributed by atoms with Gasteiger partial charge in [0.25, 0.3) is 5.91 Å². The van der Waals surface area contributed by atoms with E-state index in [9.17, 15) is 4.79 Å². The Bertz CT molecular complexity index is 584. The number of rotatable bonds is 4. The van der Waals surface area contributed by atoms with E-state index in [-0.39, 0.29) is 5.91 Å². The van der Waals surface area contributed by atoms with Gasteiger partial charge in [-0.3, -0.25) is 9.89 Å².